The molecule has 0 saturated heterocycles. The molecule has 2 unspecified atom stereocenters. The lowest BCUT2D eigenvalue weighted by Crippen LogP contribution is -2.34. The average molecular weight is 191 g/mol. The molecule has 1 aliphatic carbocycles. The number of fused-ring (bicyclic) bond motifs is 1. The van der Waals surface area contributed by atoms with E-state index in [4.69, 9.17) is 5.11 Å². The first-order valence-electron chi connectivity index (χ1n) is 4.37. The van der Waals surface area contributed by atoms with E-state index in [0.29, 0.717) is 12.0 Å². The molecule has 0 aromatic rings. The SMILES string of the molecule is O=C(O)C1C=NC2C=CCC=C2C1=O. The fraction of sp³-hybridized carbons (Fsp3) is 0.300. The maximum atomic E-state index is 11.6. The Morgan fingerprint density at radius 1 is 1.57 bits per heavy atom. The molecule has 1 N–H and O–H groups in total. The molecule has 2 aliphatic rings. The second-order valence-electron chi connectivity index (χ2n) is 3.25. The van der Waals surface area contributed by atoms with Crippen LogP contribution in [0.3, 0.4) is 0 Å². The second-order valence-corrected chi connectivity index (χ2v) is 3.25. The molecule has 0 aromatic heterocycles. The molecule has 0 bridgehead atoms. The molecule has 14 heavy (non-hydrogen) atoms. The van der Waals surface area contributed by atoms with Gasteiger partial charge in [-0.1, -0.05) is 18.2 Å². The van der Waals surface area contributed by atoms with Gasteiger partial charge in [0.1, 0.15) is 0 Å². The van der Waals surface area contributed by atoms with Gasteiger partial charge in [0.2, 0.25) is 0 Å². The number of carboxylic acids is 1. The Labute approximate surface area is 80.6 Å². The van der Waals surface area contributed by atoms with Crippen molar-refractivity contribution in [3.63, 3.8) is 0 Å². The minimum absolute atomic E-state index is 0.258. The van der Waals surface area contributed by atoms with E-state index >= 15 is 0 Å². The number of carbonyl (C=O) groups excluding carboxylic acids is 1. The van der Waals surface area contributed by atoms with E-state index in [1.54, 1.807) is 6.08 Å². The molecule has 0 fully saturated rings. The number of hydrogen-bond acceptors (Lipinski definition) is 3. The Kier molecular flexibility index (Phi) is 2.04. The van der Waals surface area contributed by atoms with Crippen molar-refractivity contribution in [1.29, 1.82) is 0 Å². The number of ketones is 1. The van der Waals surface area contributed by atoms with Crippen LogP contribution in [0.1, 0.15) is 6.42 Å². The summed E-state index contributed by atoms with van der Waals surface area (Å²) >= 11 is 0. The number of allylic oxidation sites excluding steroid dienone is 2. The van der Waals surface area contributed by atoms with E-state index in [0.717, 1.165) is 0 Å². The summed E-state index contributed by atoms with van der Waals surface area (Å²) in [5.74, 6) is -2.56. The first kappa shape index (κ1) is 8.87. The van der Waals surface area contributed by atoms with Crippen molar-refractivity contribution in [2.24, 2.45) is 10.9 Å². The first-order valence-corrected chi connectivity index (χ1v) is 4.37. The quantitative estimate of drug-likeness (QED) is 0.487. The largest absolute Gasteiger partial charge is 0.480 e. The molecule has 0 saturated carbocycles. The highest BCUT2D eigenvalue weighted by molar-refractivity contribution is 6.20. The molecule has 1 aliphatic heterocycles. The molecule has 4 nitrogen and oxygen atoms in total. The topological polar surface area (TPSA) is 66.7 Å². The van der Waals surface area contributed by atoms with Gasteiger partial charge in [-0.2, -0.15) is 0 Å². The third kappa shape index (κ3) is 1.28. The Bertz CT molecular complexity index is 379. The van der Waals surface area contributed by atoms with Crippen molar-refractivity contribution in [3.05, 3.63) is 23.8 Å². The molecular formula is C10H9NO3. The van der Waals surface area contributed by atoms with Crippen LogP contribution < -0.4 is 0 Å². The van der Waals surface area contributed by atoms with Crippen LogP contribution in [-0.4, -0.2) is 29.1 Å². The summed E-state index contributed by atoms with van der Waals surface area (Å²) in [6.07, 6.45) is 7.39. The van der Waals surface area contributed by atoms with Crippen molar-refractivity contribution in [1.82, 2.24) is 0 Å². The molecular weight excluding hydrogens is 182 g/mol. The van der Waals surface area contributed by atoms with Gasteiger partial charge in [-0.15, -0.1) is 0 Å². The summed E-state index contributed by atoms with van der Waals surface area (Å²) < 4.78 is 0. The lowest BCUT2D eigenvalue weighted by molar-refractivity contribution is -0.142. The van der Waals surface area contributed by atoms with Gasteiger partial charge in [0.05, 0.1) is 6.04 Å². The third-order valence-electron chi connectivity index (χ3n) is 2.34. The third-order valence-corrected chi connectivity index (χ3v) is 2.34. The van der Waals surface area contributed by atoms with E-state index in [1.165, 1.54) is 6.21 Å². The molecule has 2 rings (SSSR count). The van der Waals surface area contributed by atoms with E-state index in [9.17, 15) is 9.59 Å². The van der Waals surface area contributed by atoms with Gasteiger partial charge in [0, 0.05) is 11.8 Å². The Balaban J connectivity index is 2.36. The molecule has 0 spiro atoms. The van der Waals surface area contributed by atoms with Gasteiger partial charge in [-0.25, -0.2) is 0 Å². The van der Waals surface area contributed by atoms with Crippen LogP contribution in [0.25, 0.3) is 0 Å². The lowest BCUT2D eigenvalue weighted by atomic mass is 9.87. The van der Waals surface area contributed by atoms with Crippen molar-refractivity contribution in [2.45, 2.75) is 12.5 Å². The monoisotopic (exact) mass is 191 g/mol. The van der Waals surface area contributed by atoms with E-state index < -0.39 is 11.9 Å². The predicted octanol–water partition coefficient (Wildman–Crippen LogP) is 0.596. The Morgan fingerprint density at radius 3 is 3.07 bits per heavy atom. The number of carboxylic acid groups (broad SMARTS) is 1. The van der Waals surface area contributed by atoms with Gasteiger partial charge in [-0.05, 0) is 6.42 Å². The summed E-state index contributed by atoms with van der Waals surface area (Å²) in [5, 5.41) is 8.74. The number of carbonyl (C=O) groups is 2. The van der Waals surface area contributed by atoms with Crippen LogP contribution in [0.15, 0.2) is 28.8 Å². The smallest absolute Gasteiger partial charge is 0.319 e. The van der Waals surface area contributed by atoms with Gasteiger partial charge in [-0.3, -0.25) is 14.6 Å². The van der Waals surface area contributed by atoms with Crippen molar-refractivity contribution >= 4 is 18.0 Å². The zero-order chi connectivity index (χ0) is 10.1. The number of rotatable bonds is 1. The van der Waals surface area contributed by atoms with Gasteiger partial charge in [0.15, 0.2) is 11.7 Å². The van der Waals surface area contributed by atoms with Gasteiger partial charge < -0.3 is 5.11 Å². The molecule has 0 amide bonds. The zero-order valence-electron chi connectivity index (χ0n) is 7.38. The summed E-state index contributed by atoms with van der Waals surface area (Å²) in [5.41, 5.74) is 0.516. The molecule has 72 valence electrons. The van der Waals surface area contributed by atoms with Crippen LogP contribution >= 0.6 is 0 Å². The van der Waals surface area contributed by atoms with Gasteiger partial charge in [0.25, 0.3) is 0 Å². The maximum Gasteiger partial charge on any atom is 0.319 e. The molecule has 4 heteroatoms. The minimum atomic E-state index is -1.13. The van der Waals surface area contributed by atoms with E-state index in [1.807, 2.05) is 12.2 Å². The second kappa shape index (κ2) is 3.21. The number of Topliss-reactive ketones (excluding diaryl/α,β-unsaturated/α-hetero) is 1. The highest BCUT2D eigenvalue weighted by atomic mass is 16.4. The molecule has 0 radical (unpaired) electrons. The fourth-order valence-electron chi connectivity index (χ4n) is 1.61. The summed E-state index contributed by atoms with van der Waals surface area (Å²) in [6.45, 7) is 0. The highest BCUT2D eigenvalue weighted by Gasteiger charge is 2.34. The average Bonchev–Trinajstić information content (AvgIpc) is 2.18. The van der Waals surface area contributed by atoms with Crippen LogP contribution in [0.5, 0.6) is 0 Å². The minimum Gasteiger partial charge on any atom is -0.480 e. The Morgan fingerprint density at radius 2 is 2.36 bits per heavy atom. The standard InChI is InChI=1S/C10H9NO3/c12-9-6-3-1-2-4-8(6)11-5-7(9)10(13)14/h2-5,7-8H,1H2,(H,13,14). The molecule has 0 aromatic carbocycles. The first-order chi connectivity index (χ1) is 6.70. The number of nitrogens with zero attached hydrogens (tertiary/aromatic N) is 1. The summed E-state index contributed by atoms with van der Waals surface area (Å²) in [4.78, 5) is 26.3. The van der Waals surface area contributed by atoms with Crippen LogP contribution in [-0.2, 0) is 9.59 Å². The van der Waals surface area contributed by atoms with Crippen LogP contribution in [0, 0.1) is 5.92 Å². The fourth-order valence-corrected chi connectivity index (χ4v) is 1.61. The van der Waals surface area contributed by atoms with E-state index in [-0.39, 0.29) is 11.8 Å². The van der Waals surface area contributed by atoms with Crippen LogP contribution in [0.4, 0.5) is 0 Å². The van der Waals surface area contributed by atoms with Crippen LogP contribution in [0.2, 0.25) is 0 Å². The maximum absolute atomic E-state index is 11.6. The number of aliphatic imine (C=N–C) groups is 1. The summed E-state index contributed by atoms with van der Waals surface area (Å²) in [7, 11) is 0. The van der Waals surface area contributed by atoms with Gasteiger partial charge >= 0.3 is 5.97 Å². The normalized spacial score (nSPS) is 29.7. The predicted molar refractivity (Wildman–Crippen MR) is 50.3 cm³/mol. The van der Waals surface area contributed by atoms with Crippen molar-refractivity contribution in [3.8, 4) is 0 Å². The molecule has 1 heterocycles. The molecule has 2 atom stereocenters. The lowest BCUT2D eigenvalue weighted by Gasteiger charge is -2.21. The highest BCUT2D eigenvalue weighted by Crippen LogP contribution is 2.23. The number of hydrogen-bond donors (Lipinski definition) is 1. The van der Waals surface area contributed by atoms with Crippen molar-refractivity contribution < 1.29 is 14.7 Å². The summed E-state index contributed by atoms with van der Waals surface area (Å²) in [6, 6.07) is -0.258. The Hall–Kier alpha value is -1.71. The number of aliphatic carboxylic acids is 1. The van der Waals surface area contributed by atoms with E-state index in [2.05, 4.69) is 4.99 Å². The zero-order valence-corrected chi connectivity index (χ0v) is 7.38. The van der Waals surface area contributed by atoms with Crippen molar-refractivity contribution in [2.75, 3.05) is 0 Å².